The first-order chi connectivity index (χ1) is 9.60. The van der Waals surface area contributed by atoms with Crippen LogP contribution in [0.2, 0.25) is 5.15 Å². The highest BCUT2D eigenvalue weighted by atomic mass is 35.5. The number of carbonyl (C=O) groups excluding carboxylic acids is 1. The normalized spacial score (nSPS) is 10.2. The number of amides is 1. The van der Waals surface area contributed by atoms with Gasteiger partial charge in [-0.05, 0) is 23.8 Å². The van der Waals surface area contributed by atoms with Crippen LogP contribution in [0.3, 0.4) is 0 Å². The molecule has 0 fully saturated rings. The number of carbonyl (C=O) groups is 1. The summed E-state index contributed by atoms with van der Waals surface area (Å²) in [5.41, 5.74) is 1.47. The average molecular weight is 291 g/mol. The molecule has 0 unspecified atom stereocenters. The van der Waals surface area contributed by atoms with E-state index in [0.29, 0.717) is 17.9 Å². The van der Waals surface area contributed by atoms with Gasteiger partial charge in [0.1, 0.15) is 11.0 Å². The Kier molecular flexibility index (Phi) is 4.53. The highest BCUT2D eigenvalue weighted by Crippen LogP contribution is 2.16. The molecule has 104 valence electrons. The number of anilines is 1. The van der Waals surface area contributed by atoms with Crippen molar-refractivity contribution in [2.45, 2.75) is 6.54 Å². The zero-order valence-electron chi connectivity index (χ0n) is 11.3. The second-order valence-electron chi connectivity index (χ2n) is 4.34. The molecule has 1 N–H and O–H groups in total. The molecule has 20 heavy (non-hydrogen) atoms. The fraction of sp³-hybridized carbons (Fsp3) is 0.214. The largest absolute Gasteiger partial charge is 0.373 e. The van der Waals surface area contributed by atoms with Crippen molar-refractivity contribution in [3.8, 4) is 0 Å². The molecule has 0 aliphatic carbocycles. The predicted octanol–water partition coefficient (Wildman–Crippen LogP) is 2.44. The maximum absolute atomic E-state index is 12.4. The number of aromatic nitrogens is 2. The van der Waals surface area contributed by atoms with Crippen molar-refractivity contribution in [3.05, 3.63) is 52.9 Å². The Bertz CT molecular complexity index is 603. The molecule has 0 aromatic carbocycles. The van der Waals surface area contributed by atoms with Crippen LogP contribution in [0.4, 0.5) is 5.82 Å². The molecule has 1 amide bonds. The maximum atomic E-state index is 12.4. The smallest absolute Gasteiger partial charge is 0.254 e. The van der Waals surface area contributed by atoms with E-state index in [0.717, 1.165) is 5.56 Å². The summed E-state index contributed by atoms with van der Waals surface area (Å²) >= 11 is 5.91. The Labute approximate surface area is 122 Å². The van der Waals surface area contributed by atoms with Crippen molar-refractivity contribution in [1.82, 2.24) is 14.9 Å². The number of hydrogen-bond donors (Lipinski definition) is 1. The third-order valence-electron chi connectivity index (χ3n) is 2.79. The zero-order chi connectivity index (χ0) is 14.5. The molecule has 0 aliphatic heterocycles. The number of nitrogens with one attached hydrogen (secondary N) is 1. The molecular weight excluding hydrogens is 276 g/mol. The number of pyridine rings is 2. The SMILES string of the molecule is CNc1cc(C(=O)N(C)Cc2cccnc2)cc(Cl)n1. The quantitative estimate of drug-likeness (QED) is 0.879. The minimum absolute atomic E-state index is 0.116. The Balaban J connectivity index is 2.16. The Morgan fingerprint density at radius 2 is 2.25 bits per heavy atom. The Morgan fingerprint density at radius 1 is 1.45 bits per heavy atom. The van der Waals surface area contributed by atoms with Crippen LogP contribution in [-0.4, -0.2) is 34.9 Å². The molecule has 2 aromatic heterocycles. The molecule has 2 rings (SSSR count). The minimum Gasteiger partial charge on any atom is -0.373 e. The topological polar surface area (TPSA) is 58.1 Å². The molecule has 0 spiro atoms. The maximum Gasteiger partial charge on any atom is 0.254 e. The van der Waals surface area contributed by atoms with Gasteiger partial charge in [0.15, 0.2) is 0 Å². The first-order valence-electron chi connectivity index (χ1n) is 6.10. The van der Waals surface area contributed by atoms with Crippen molar-refractivity contribution < 1.29 is 4.79 Å². The van der Waals surface area contributed by atoms with Crippen molar-refractivity contribution in [1.29, 1.82) is 0 Å². The van der Waals surface area contributed by atoms with Crippen molar-refractivity contribution in [2.24, 2.45) is 0 Å². The van der Waals surface area contributed by atoms with Crippen LogP contribution in [0, 0.1) is 0 Å². The van der Waals surface area contributed by atoms with Gasteiger partial charge in [0, 0.05) is 38.6 Å². The molecule has 5 nitrogen and oxygen atoms in total. The van der Waals surface area contributed by atoms with E-state index >= 15 is 0 Å². The van der Waals surface area contributed by atoms with E-state index in [4.69, 9.17) is 11.6 Å². The van der Waals surface area contributed by atoms with E-state index in [-0.39, 0.29) is 11.1 Å². The Hall–Kier alpha value is -2.14. The number of halogens is 1. The standard InChI is InChI=1S/C14H15ClN4O/c1-16-13-7-11(6-12(15)18-13)14(20)19(2)9-10-4-3-5-17-8-10/h3-8H,9H2,1-2H3,(H,16,18). The van der Waals surface area contributed by atoms with E-state index in [1.54, 1.807) is 43.5 Å². The number of rotatable bonds is 4. The minimum atomic E-state index is -0.116. The fourth-order valence-electron chi connectivity index (χ4n) is 1.81. The van der Waals surface area contributed by atoms with Crippen LogP contribution < -0.4 is 5.32 Å². The van der Waals surface area contributed by atoms with Crippen LogP contribution in [0.1, 0.15) is 15.9 Å². The molecule has 0 atom stereocenters. The summed E-state index contributed by atoms with van der Waals surface area (Å²) in [5, 5.41) is 3.16. The van der Waals surface area contributed by atoms with Gasteiger partial charge in [-0.2, -0.15) is 0 Å². The van der Waals surface area contributed by atoms with Crippen molar-refractivity contribution >= 4 is 23.3 Å². The van der Waals surface area contributed by atoms with Gasteiger partial charge >= 0.3 is 0 Å². The van der Waals surface area contributed by atoms with Crippen LogP contribution in [-0.2, 0) is 6.54 Å². The van der Waals surface area contributed by atoms with E-state index in [9.17, 15) is 4.79 Å². The second-order valence-corrected chi connectivity index (χ2v) is 4.72. The van der Waals surface area contributed by atoms with Crippen LogP contribution in [0.15, 0.2) is 36.7 Å². The van der Waals surface area contributed by atoms with Crippen LogP contribution >= 0.6 is 11.6 Å². The molecule has 0 saturated heterocycles. The lowest BCUT2D eigenvalue weighted by Crippen LogP contribution is -2.26. The monoisotopic (exact) mass is 290 g/mol. The molecule has 6 heteroatoms. The van der Waals surface area contributed by atoms with Gasteiger partial charge in [-0.25, -0.2) is 4.98 Å². The predicted molar refractivity (Wildman–Crippen MR) is 78.8 cm³/mol. The summed E-state index contributed by atoms with van der Waals surface area (Å²) in [6, 6.07) is 7.00. The van der Waals surface area contributed by atoms with Gasteiger partial charge < -0.3 is 10.2 Å². The summed E-state index contributed by atoms with van der Waals surface area (Å²) in [6.07, 6.45) is 3.44. The van der Waals surface area contributed by atoms with Gasteiger partial charge in [-0.1, -0.05) is 17.7 Å². The highest BCUT2D eigenvalue weighted by molar-refractivity contribution is 6.29. The lowest BCUT2D eigenvalue weighted by Gasteiger charge is -2.17. The van der Waals surface area contributed by atoms with E-state index < -0.39 is 0 Å². The third kappa shape index (κ3) is 3.45. The molecule has 0 radical (unpaired) electrons. The first kappa shape index (κ1) is 14.3. The number of nitrogens with zero attached hydrogens (tertiary/aromatic N) is 3. The molecule has 0 saturated carbocycles. The third-order valence-corrected chi connectivity index (χ3v) is 2.98. The molecule has 2 heterocycles. The van der Waals surface area contributed by atoms with E-state index in [1.165, 1.54) is 0 Å². The lowest BCUT2D eigenvalue weighted by molar-refractivity contribution is 0.0785. The van der Waals surface area contributed by atoms with E-state index in [1.807, 2.05) is 12.1 Å². The highest BCUT2D eigenvalue weighted by Gasteiger charge is 2.14. The van der Waals surface area contributed by atoms with Gasteiger partial charge in [0.25, 0.3) is 5.91 Å². The summed E-state index contributed by atoms with van der Waals surface area (Å²) in [5.74, 6) is 0.449. The summed E-state index contributed by atoms with van der Waals surface area (Å²) < 4.78 is 0. The van der Waals surface area contributed by atoms with Gasteiger partial charge in [0.2, 0.25) is 0 Å². The summed E-state index contributed by atoms with van der Waals surface area (Å²) in [6.45, 7) is 0.488. The van der Waals surface area contributed by atoms with Gasteiger partial charge in [-0.3, -0.25) is 9.78 Å². The zero-order valence-corrected chi connectivity index (χ0v) is 12.1. The average Bonchev–Trinajstić information content (AvgIpc) is 2.46. The molecular formula is C14H15ClN4O. The summed E-state index contributed by atoms with van der Waals surface area (Å²) in [4.78, 5) is 22.1. The molecule has 2 aromatic rings. The lowest BCUT2D eigenvalue weighted by atomic mass is 10.2. The molecule has 0 bridgehead atoms. The van der Waals surface area contributed by atoms with Gasteiger partial charge in [-0.15, -0.1) is 0 Å². The van der Waals surface area contributed by atoms with Crippen molar-refractivity contribution in [2.75, 3.05) is 19.4 Å². The molecule has 0 aliphatic rings. The second kappa shape index (κ2) is 6.34. The first-order valence-corrected chi connectivity index (χ1v) is 6.47. The van der Waals surface area contributed by atoms with E-state index in [2.05, 4.69) is 15.3 Å². The van der Waals surface area contributed by atoms with Crippen LogP contribution in [0.5, 0.6) is 0 Å². The van der Waals surface area contributed by atoms with Gasteiger partial charge in [0.05, 0.1) is 0 Å². The fourth-order valence-corrected chi connectivity index (χ4v) is 2.01. The van der Waals surface area contributed by atoms with Crippen molar-refractivity contribution in [3.63, 3.8) is 0 Å². The summed E-state index contributed by atoms with van der Waals surface area (Å²) in [7, 11) is 3.47. The Morgan fingerprint density at radius 3 is 2.90 bits per heavy atom. The number of hydrogen-bond acceptors (Lipinski definition) is 4. The van der Waals surface area contributed by atoms with Crippen LogP contribution in [0.25, 0.3) is 0 Å².